The average Bonchev–Trinajstić information content (AvgIpc) is 3.02. The first kappa shape index (κ1) is 18.7. The van der Waals surface area contributed by atoms with Crippen LogP contribution in [0.1, 0.15) is 22.7 Å². The van der Waals surface area contributed by atoms with E-state index in [9.17, 15) is 8.42 Å². The number of likely N-dealkylation sites (N-methyl/N-ethyl adjacent to an activating group) is 1. The zero-order chi connectivity index (χ0) is 18.7. The molecule has 1 unspecified atom stereocenters. The summed E-state index contributed by atoms with van der Waals surface area (Å²) in [5.74, 6) is 1.37. The van der Waals surface area contributed by atoms with Crippen LogP contribution in [0.25, 0.3) is 0 Å². The van der Waals surface area contributed by atoms with E-state index in [0.717, 1.165) is 16.7 Å². The number of aryl methyl sites for hydroxylation is 1. The molecule has 7 heteroatoms. The molecule has 6 nitrogen and oxygen atoms in total. The molecule has 0 aliphatic carbocycles. The van der Waals surface area contributed by atoms with Crippen LogP contribution in [0.3, 0.4) is 0 Å². The smallest absolute Gasteiger partial charge is 0.231 e. The van der Waals surface area contributed by atoms with Gasteiger partial charge in [-0.2, -0.15) is 0 Å². The molecule has 1 aliphatic rings. The minimum atomic E-state index is -3.43. The Morgan fingerprint density at radius 1 is 1.12 bits per heavy atom. The van der Waals surface area contributed by atoms with Crippen molar-refractivity contribution in [2.45, 2.75) is 18.7 Å². The average molecular weight is 376 g/mol. The second-order valence-corrected chi connectivity index (χ2v) is 8.50. The maximum Gasteiger partial charge on any atom is 0.231 e. The first-order valence-electron chi connectivity index (χ1n) is 8.43. The molecule has 0 fully saturated rings. The lowest BCUT2D eigenvalue weighted by Crippen LogP contribution is -2.35. The summed E-state index contributed by atoms with van der Waals surface area (Å²) in [5, 5.41) is 0. The van der Waals surface area contributed by atoms with Crippen molar-refractivity contribution in [2.24, 2.45) is 0 Å². The highest BCUT2D eigenvalue weighted by Gasteiger charge is 2.21. The molecule has 3 rings (SSSR count). The maximum absolute atomic E-state index is 12.5. The predicted octanol–water partition coefficient (Wildman–Crippen LogP) is 2.45. The predicted molar refractivity (Wildman–Crippen MR) is 101 cm³/mol. The third-order valence-corrected chi connectivity index (χ3v) is 5.66. The number of ether oxygens (including phenoxy) is 2. The van der Waals surface area contributed by atoms with E-state index >= 15 is 0 Å². The van der Waals surface area contributed by atoms with Gasteiger partial charge < -0.3 is 14.4 Å². The lowest BCUT2D eigenvalue weighted by atomic mass is 10.1. The number of fused-ring (bicyclic) bond motifs is 1. The third-order valence-electron chi connectivity index (χ3n) is 4.34. The van der Waals surface area contributed by atoms with E-state index in [-0.39, 0.29) is 25.1 Å². The number of nitrogens with zero attached hydrogens (tertiary/aromatic N) is 1. The second kappa shape index (κ2) is 7.65. The molecule has 2 aromatic rings. The number of benzene rings is 2. The zero-order valence-electron chi connectivity index (χ0n) is 15.2. The van der Waals surface area contributed by atoms with Crippen molar-refractivity contribution in [3.05, 3.63) is 59.2 Å². The third kappa shape index (κ3) is 4.55. The lowest BCUT2D eigenvalue weighted by Gasteiger charge is -2.25. The zero-order valence-corrected chi connectivity index (χ0v) is 16.0. The van der Waals surface area contributed by atoms with E-state index in [1.54, 1.807) is 0 Å². The van der Waals surface area contributed by atoms with E-state index in [0.29, 0.717) is 11.5 Å². The molecule has 2 aromatic carbocycles. The van der Waals surface area contributed by atoms with Crippen LogP contribution in [0.15, 0.2) is 42.5 Å². The van der Waals surface area contributed by atoms with Gasteiger partial charge in [0, 0.05) is 12.6 Å². The molecule has 26 heavy (non-hydrogen) atoms. The molecule has 140 valence electrons. The van der Waals surface area contributed by atoms with E-state index in [4.69, 9.17) is 9.47 Å². The van der Waals surface area contributed by atoms with E-state index in [1.165, 1.54) is 0 Å². The van der Waals surface area contributed by atoms with Crippen LogP contribution in [-0.2, 0) is 15.8 Å². The molecule has 0 saturated heterocycles. The van der Waals surface area contributed by atoms with E-state index < -0.39 is 10.0 Å². The van der Waals surface area contributed by atoms with Crippen molar-refractivity contribution in [2.75, 3.05) is 27.4 Å². The van der Waals surface area contributed by atoms with Crippen molar-refractivity contribution in [3.8, 4) is 11.5 Å². The van der Waals surface area contributed by atoms with Gasteiger partial charge in [0.1, 0.15) is 0 Å². The molecule has 0 radical (unpaired) electrons. The number of sulfonamides is 1. The molecule has 0 bridgehead atoms. The van der Waals surface area contributed by atoms with Crippen molar-refractivity contribution in [1.82, 2.24) is 9.62 Å². The van der Waals surface area contributed by atoms with Crippen molar-refractivity contribution in [1.29, 1.82) is 0 Å². The summed E-state index contributed by atoms with van der Waals surface area (Å²) in [4.78, 5) is 1.98. The van der Waals surface area contributed by atoms with Gasteiger partial charge in [0.05, 0.1) is 5.75 Å². The molecular weight excluding hydrogens is 352 g/mol. The molecule has 0 amide bonds. The first-order valence-corrected chi connectivity index (χ1v) is 10.1. The monoisotopic (exact) mass is 376 g/mol. The SMILES string of the molecule is Cc1cccc(CS(=O)(=O)NCC(c2ccc3c(c2)OCO3)N(C)C)c1. The summed E-state index contributed by atoms with van der Waals surface area (Å²) in [5.41, 5.74) is 2.80. The molecule has 1 atom stereocenters. The fourth-order valence-corrected chi connectivity index (χ4v) is 4.13. The van der Waals surface area contributed by atoms with Crippen molar-refractivity contribution < 1.29 is 17.9 Å². The molecule has 0 aromatic heterocycles. The standard InChI is InChI=1S/C19H24N2O4S/c1-14-5-4-6-15(9-14)12-26(22,23)20-11-17(21(2)3)16-7-8-18-19(10-16)25-13-24-18/h4-10,17,20H,11-13H2,1-3H3. The van der Waals surface area contributed by atoms with Crippen LogP contribution in [-0.4, -0.2) is 40.8 Å². The van der Waals surface area contributed by atoms with Crippen LogP contribution < -0.4 is 14.2 Å². The Balaban J connectivity index is 1.70. The molecule has 0 saturated carbocycles. The van der Waals surface area contributed by atoms with Gasteiger partial charge in [-0.3, -0.25) is 0 Å². The summed E-state index contributed by atoms with van der Waals surface area (Å²) in [6.45, 7) is 2.45. The number of rotatable bonds is 7. The number of hydrogen-bond acceptors (Lipinski definition) is 5. The van der Waals surface area contributed by atoms with E-state index in [1.807, 2.05) is 68.4 Å². The summed E-state index contributed by atoms with van der Waals surface area (Å²) in [6, 6.07) is 13.1. The Hall–Kier alpha value is -2.09. The molecule has 0 spiro atoms. The van der Waals surface area contributed by atoms with E-state index in [2.05, 4.69) is 4.72 Å². The Labute approximate surface area is 154 Å². The van der Waals surface area contributed by atoms with Crippen LogP contribution in [0.5, 0.6) is 11.5 Å². The Kier molecular flexibility index (Phi) is 5.50. The van der Waals surface area contributed by atoms with Gasteiger partial charge in [-0.1, -0.05) is 35.9 Å². The van der Waals surface area contributed by atoms with Gasteiger partial charge in [0.15, 0.2) is 11.5 Å². The minimum Gasteiger partial charge on any atom is -0.454 e. The fourth-order valence-electron chi connectivity index (χ4n) is 3.00. The van der Waals surface area contributed by atoms with Gasteiger partial charge in [0.2, 0.25) is 16.8 Å². The highest BCUT2D eigenvalue weighted by Crippen LogP contribution is 2.35. The van der Waals surface area contributed by atoms with Crippen LogP contribution in [0, 0.1) is 6.92 Å². The maximum atomic E-state index is 12.5. The molecular formula is C19H24N2O4S. The number of nitrogens with one attached hydrogen (secondary N) is 1. The summed E-state index contributed by atoms with van der Waals surface area (Å²) >= 11 is 0. The molecule has 1 heterocycles. The summed E-state index contributed by atoms with van der Waals surface area (Å²) < 4.78 is 38.5. The van der Waals surface area contributed by atoms with Crippen LogP contribution in [0.4, 0.5) is 0 Å². The normalized spacial score (nSPS) is 14.6. The first-order chi connectivity index (χ1) is 12.3. The quantitative estimate of drug-likeness (QED) is 0.804. The van der Waals surface area contributed by atoms with Gasteiger partial charge >= 0.3 is 0 Å². The van der Waals surface area contributed by atoms with Crippen LogP contribution >= 0.6 is 0 Å². The second-order valence-electron chi connectivity index (χ2n) is 6.69. The van der Waals surface area contributed by atoms with Crippen LogP contribution in [0.2, 0.25) is 0 Å². The van der Waals surface area contributed by atoms with Gasteiger partial charge in [-0.15, -0.1) is 0 Å². The lowest BCUT2D eigenvalue weighted by molar-refractivity contribution is 0.174. The largest absolute Gasteiger partial charge is 0.454 e. The van der Waals surface area contributed by atoms with Gasteiger partial charge in [-0.05, 0) is 44.3 Å². The van der Waals surface area contributed by atoms with Crippen molar-refractivity contribution in [3.63, 3.8) is 0 Å². The molecule has 1 aliphatic heterocycles. The van der Waals surface area contributed by atoms with Gasteiger partial charge in [0.25, 0.3) is 0 Å². The topological polar surface area (TPSA) is 67.9 Å². The fraction of sp³-hybridized carbons (Fsp3) is 0.368. The highest BCUT2D eigenvalue weighted by molar-refractivity contribution is 7.88. The summed E-state index contributed by atoms with van der Waals surface area (Å²) in [6.07, 6.45) is 0. The number of hydrogen-bond donors (Lipinski definition) is 1. The Morgan fingerprint density at radius 2 is 1.88 bits per heavy atom. The van der Waals surface area contributed by atoms with Gasteiger partial charge in [-0.25, -0.2) is 13.1 Å². The molecule has 1 N–H and O–H groups in total. The summed E-state index contributed by atoms with van der Waals surface area (Å²) in [7, 11) is 0.409. The highest BCUT2D eigenvalue weighted by atomic mass is 32.2. The van der Waals surface area contributed by atoms with Crippen molar-refractivity contribution >= 4 is 10.0 Å². The Morgan fingerprint density at radius 3 is 2.62 bits per heavy atom. The minimum absolute atomic E-state index is 0.0318. The Bertz CT molecular complexity index is 881.